The van der Waals surface area contributed by atoms with Crippen molar-refractivity contribution >= 4 is 39.1 Å². The Morgan fingerprint density at radius 1 is 1.32 bits per heavy atom. The molecule has 3 fully saturated rings. The lowest BCUT2D eigenvalue weighted by Gasteiger charge is -2.51. The van der Waals surface area contributed by atoms with Gasteiger partial charge in [-0.1, -0.05) is 28.1 Å². The summed E-state index contributed by atoms with van der Waals surface area (Å²) in [6.45, 7) is 0. The molecular formula is C17H20BrN3S. The van der Waals surface area contributed by atoms with Crippen LogP contribution in [-0.4, -0.2) is 21.9 Å². The molecule has 0 saturated heterocycles. The number of halogens is 1. The highest BCUT2D eigenvalue weighted by atomic mass is 79.9. The molecule has 3 saturated carbocycles. The van der Waals surface area contributed by atoms with Crippen molar-refractivity contribution in [2.45, 2.75) is 50.0 Å². The standard InChI is InChI=1S/C17H20BrN3S/c18-12-3-1-2-11(8-12)17(9-16(10-17)6-7-16)14(19)21(15(20)22)13-4-5-13/h1-3,8,13,19H,4-7,9-10H2,(H2,20,22). The molecule has 1 aromatic rings. The van der Waals surface area contributed by atoms with Gasteiger partial charge in [0.15, 0.2) is 5.11 Å². The van der Waals surface area contributed by atoms with Gasteiger partial charge < -0.3 is 10.6 Å². The van der Waals surface area contributed by atoms with Crippen LogP contribution in [0.5, 0.6) is 0 Å². The van der Waals surface area contributed by atoms with Crippen LogP contribution in [0.1, 0.15) is 44.1 Å². The molecule has 3 aliphatic rings. The molecular weight excluding hydrogens is 358 g/mol. The summed E-state index contributed by atoms with van der Waals surface area (Å²) in [7, 11) is 0. The smallest absolute Gasteiger partial charge is 0.172 e. The van der Waals surface area contributed by atoms with Crippen LogP contribution in [0.4, 0.5) is 0 Å². The van der Waals surface area contributed by atoms with E-state index in [-0.39, 0.29) is 5.41 Å². The molecule has 0 atom stereocenters. The Morgan fingerprint density at radius 3 is 2.50 bits per heavy atom. The number of amidine groups is 1. The predicted octanol–water partition coefficient (Wildman–Crippen LogP) is 3.95. The van der Waals surface area contributed by atoms with Gasteiger partial charge in [-0.2, -0.15) is 0 Å². The van der Waals surface area contributed by atoms with E-state index in [0.29, 0.717) is 22.4 Å². The van der Waals surface area contributed by atoms with Gasteiger partial charge in [0, 0.05) is 10.5 Å². The molecule has 116 valence electrons. The molecule has 3 N–H and O–H groups in total. The van der Waals surface area contributed by atoms with E-state index in [9.17, 15) is 0 Å². The average Bonchev–Trinajstić information content (AvgIpc) is 3.30. The number of hydrogen-bond donors (Lipinski definition) is 2. The van der Waals surface area contributed by atoms with Crippen LogP contribution in [0.25, 0.3) is 0 Å². The maximum absolute atomic E-state index is 8.91. The number of nitrogens with one attached hydrogen (secondary N) is 1. The summed E-state index contributed by atoms with van der Waals surface area (Å²) in [5.41, 5.74) is 7.48. The van der Waals surface area contributed by atoms with Gasteiger partial charge in [-0.05, 0) is 73.9 Å². The first-order valence-corrected chi connectivity index (χ1v) is 9.10. The van der Waals surface area contributed by atoms with E-state index in [1.807, 2.05) is 11.0 Å². The molecule has 0 bridgehead atoms. The summed E-state index contributed by atoms with van der Waals surface area (Å²) in [5, 5.41) is 9.27. The fourth-order valence-electron chi connectivity index (χ4n) is 4.09. The van der Waals surface area contributed by atoms with Gasteiger partial charge in [0.05, 0.1) is 5.41 Å². The van der Waals surface area contributed by atoms with Crippen LogP contribution in [-0.2, 0) is 5.41 Å². The highest BCUT2D eigenvalue weighted by molar-refractivity contribution is 9.10. The van der Waals surface area contributed by atoms with Crippen molar-refractivity contribution < 1.29 is 0 Å². The molecule has 0 unspecified atom stereocenters. The Kier molecular flexibility index (Phi) is 3.18. The lowest BCUT2D eigenvalue weighted by Crippen LogP contribution is -2.57. The maximum atomic E-state index is 8.91. The lowest BCUT2D eigenvalue weighted by atomic mass is 9.55. The van der Waals surface area contributed by atoms with Crippen molar-refractivity contribution in [1.29, 1.82) is 5.41 Å². The van der Waals surface area contributed by atoms with Crippen molar-refractivity contribution in [3.05, 3.63) is 34.3 Å². The third-order valence-corrected chi connectivity index (χ3v) is 6.22. The van der Waals surface area contributed by atoms with Crippen molar-refractivity contribution in [2.75, 3.05) is 0 Å². The number of hydrogen-bond acceptors (Lipinski definition) is 2. The second kappa shape index (κ2) is 4.78. The Balaban J connectivity index is 1.72. The van der Waals surface area contributed by atoms with E-state index in [1.165, 1.54) is 18.4 Å². The fraction of sp³-hybridized carbons (Fsp3) is 0.529. The van der Waals surface area contributed by atoms with Crippen molar-refractivity contribution in [1.82, 2.24) is 4.90 Å². The highest BCUT2D eigenvalue weighted by Crippen LogP contribution is 2.69. The molecule has 0 aromatic heterocycles. The SMILES string of the molecule is N=C(N(C(N)=S)C1CC1)C1(c2cccc(Br)c2)CC2(CC2)C1. The first-order chi connectivity index (χ1) is 10.5. The largest absolute Gasteiger partial charge is 0.376 e. The van der Waals surface area contributed by atoms with E-state index < -0.39 is 0 Å². The monoisotopic (exact) mass is 377 g/mol. The van der Waals surface area contributed by atoms with Gasteiger partial charge in [0.25, 0.3) is 0 Å². The van der Waals surface area contributed by atoms with E-state index in [0.717, 1.165) is 30.2 Å². The van der Waals surface area contributed by atoms with Crippen LogP contribution in [0.3, 0.4) is 0 Å². The first-order valence-electron chi connectivity index (χ1n) is 7.90. The van der Waals surface area contributed by atoms with Gasteiger partial charge in [0.2, 0.25) is 0 Å². The minimum absolute atomic E-state index is 0.202. The lowest BCUT2D eigenvalue weighted by molar-refractivity contribution is 0.171. The molecule has 0 amide bonds. The molecule has 4 rings (SSSR count). The van der Waals surface area contributed by atoms with Gasteiger partial charge in [-0.3, -0.25) is 5.41 Å². The van der Waals surface area contributed by atoms with Crippen LogP contribution < -0.4 is 5.73 Å². The molecule has 0 radical (unpaired) electrons. The van der Waals surface area contributed by atoms with Crippen LogP contribution in [0.2, 0.25) is 0 Å². The molecule has 3 aliphatic carbocycles. The Morgan fingerprint density at radius 2 is 2.00 bits per heavy atom. The number of benzene rings is 1. The summed E-state index contributed by atoms with van der Waals surface area (Å²) in [6.07, 6.45) is 6.96. The summed E-state index contributed by atoms with van der Waals surface area (Å²) < 4.78 is 1.07. The molecule has 22 heavy (non-hydrogen) atoms. The second-order valence-corrected chi connectivity index (χ2v) is 8.57. The van der Waals surface area contributed by atoms with E-state index in [4.69, 9.17) is 23.4 Å². The minimum Gasteiger partial charge on any atom is -0.376 e. The number of thiocarbonyl (C=S) groups is 1. The molecule has 0 aliphatic heterocycles. The molecule has 1 spiro atoms. The average molecular weight is 378 g/mol. The Bertz CT molecular complexity index is 656. The minimum atomic E-state index is -0.202. The number of nitrogens with zero attached hydrogens (tertiary/aromatic N) is 1. The third-order valence-electron chi connectivity index (χ3n) is 5.53. The zero-order chi connectivity index (χ0) is 15.5. The fourth-order valence-corrected chi connectivity index (χ4v) is 4.73. The van der Waals surface area contributed by atoms with Gasteiger partial charge in [0.1, 0.15) is 5.84 Å². The van der Waals surface area contributed by atoms with Crippen LogP contribution in [0.15, 0.2) is 28.7 Å². The summed E-state index contributed by atoms with van der Waals surface area (Å²) in [6, 6.07) is 8.77. The Labute approximate surface area is 144 Å². The van der Waals surface area contributed by atoms with Crippen LogP contribution >= 0.6 is 28.1 Å². The van der Waals surface area contributed by atoms with E-state index in [1.54, 1.807) is 0 Å². The molecule has 0 heterocycles. The zero-order valence-corrected chi connectivity index (χ0v) is 14.8. The summed E-state index contributed by atoms with van der Waals surface area (Å²) in [4.78, 5) is 1.92. The normalized spacial score (nSPS) is 23.7. The Hall–Kier alpha value is -0.940. The summed E-state index contributed by atoms with van der Waals surface area (Å²) in [5.74, 6) is 0.623. The van der Waals surface area contributed by atoms with E-state index in [2.05, 4.69) is 34.1 Å². The van der Waals surface area contributed by atoms with E-state index >= 15 is 0 Å². The number of rotatable bonds is 3. The van der Waals surface area contributed by atoms with Crippen molar-refractivity contribution in [2.24, 2.45) is 11.1 Å². The highest BCUT2D eigenvalue weighted by Gasteiger charge is 2.64. The van der Waals surface area contributed by atoms with Crippen molar-refractivity contribution in [3.8, 4) is 0 Å². The molecule has 5 heteroatoms. The van der Waals surface area contributed by atoms with Gasteiger partial charge >= 0.3 is 0 Å². The number of nitrogens with two attached hydrogens (primary N) is 1. The quantitative estimate of drug-likeness (QED) is 0.476. The first kappa shape index (κ1) is 14.6. The van der Waals surface area contributed by atoms with Gasteiger partial charge in [-0.15, -0.1) is 0 Å². The topological polar surface area (TPSA) is 53.1 Å². The maximum Gasteiger partial charge on any atom is 0.172 e. The predicted molar refractivity (Wildman–Crippen MR) is 96.1 cm³/mol. The molecule has 1 aromatic carbocycles. The molecule has 3 nitrogen and oxygen atoms in total. The van der Waals surface area contributed by atoms with Gasteiger partial charge in [-0.25, -0.2) is 0 Å². The van der Waals surface area contributed by atoms with Crippen molar-refractivity contribution in [3.63, 3.8) is 0 Å². The van der Waals surface area contributed by atoms with Crippen LogP contribution in [0, 0.1) is 10.8 Å². The second-order valence-electron chi connectivity index (χ2n) is 7.23. The third kappa shape index (κ3) is 2.21. The zero-order valence-electron chi connectivity index (χ0n) is 12.4. The summed E-state index contributed by atoms with van der Waals surface area (Å²) >= 11 is 8.83.